The first-order chi connectivity index (χ1) is 9.66. The second-order valence-electron chi connectivity index (χ2n) is 6.18. The molecule has 1 amide bonds. The largest absolute Gasteiger partial charge is 0.378 e. The third kappa shape index (κ3) is 3.32. The van der Waals surface area contributed by atoms with Crippen LogP contribution in [-0.2, 0) is 14.3 Å². The van der Waals surface area contributed by atoms with Gasteiger partial charge in [-0.3, -0.25) is 4.79 Å². The number of nitrogens with one attached hydrogen (secondary N) is 2. The lowest BCUT2D eigenvalue weighted by Gasteiger charge is -2.37. The molecule has 2 saturated heterocycles. The molecule has 116 valence electrons. The average molecular weight is 284 g/mol. The molecule has 0 bridgehead atoms. The lowest BCUT2D eigenvalue weighted by atomic mass is 9.76. The highest BCUT2D eigenvalue weighted by atomic mass is 16.5. The average Bonchev–Trinajstić information content (AvgIpc) is 2.95. The molecule has 0 aromatic heterocycles. The van der Waals surface area contributed by atoms with Crippen molar-refractivity contribution in [1.29, 1.82) is 0 Å². The van der Waals surface area contributed by atoms with Crippen molar-refractivity contribution in [3.05, 3.63) is 0 Å². The molecule has 5 heteroatoms. The number of ether oxygens (including phenoxy) is 2. The normalized spacial score (nSPS) is 34.1. The third-order valence-electron chi connectivity index (χ3n) is 4.75. The number of hydrogen-bond donors (Lipinski definition) is 2. The summed E-state index contributed by atoms with van der Waals surface area (Å²) in [5, 5.41) is 6.50. The van der Waals surface area contributed by atoms with Crippen LogP contribution in [0.15, 0.2) is 0 Å². The van der Waals surface area contributed by atoms with E-state index in [1.807, 2.05) is 0 Å². The summed E-state index contributed by atoms with van der Waals surface area (Å²) in [6.45, 7) is 5.80. The van der Waals surface area contributed by atoms with Crippen LogP contribution in [0.25, 0.3) is 0 Å². The van der Waals surface area contributed by atoms with E-state index in [9.17, 15) is 4.79 Å². The van der Waals surface area contributed by atoms with Gasteiger partial charge < -0.3 is 20.1 Å². The molecule has 0 aromatic carbocycles. The molecule has 0 aliphatic carbocycles. The van der Waals surface area contributed by atoms with E-state index in [0.29, 0.717) is 19.8 Å². The minimum Gasteiger partial charge on any atom is -0.378 e. The van der Waals surface area contributed by atoms with Gasteiger partial charge in [-0.15, -0.1) is 0 Å². The van der Waals surface area contributed by atoms with E-state index < -0.39 is 0 Å². The van der Waals surface area contributed by atoms with Crippen molar-refractivity contribution in [2.45, 2.75) is 44.6 Å². The molecule has 0 aromatic rings. The fraction of sp³-hybridized carbons (Fsp3) is 0.933. The van der Waals surface area contributed by atoms with Crippen molar-refractivity contribution in [3.8, 4) is 0 Å². The molecule has 0 radical (unpaired) electrons. The quantitative estimate of drug-likeness (QED) is 0.766. The molecular weight excluding hydrogens is 256 g/mol. The van der Waals surface area contributed by atoms with Crippen LogP contribution in [0.3, 0.4) is 0 Å². The topological polar surface area (TPSA) is 59.6 Å². The summed E-state index contributed by atoms with van der Waals surface area (Å²) < 4.78 is 11.0. The predicted octanol–water partition coefficient (Wildman–Crippen LogP) is 1.08. The molecule has 2 atom stereocenters. The summed E-state index contributed by atoms with van der Waals surface area (Å²) in [6.07, 6.45) is 4.89. The summed E-state index contributed by atoms with van der Waals surface area (Å²) in [4.78, 5) is 12.7. The van der Waals surface area contributed by atoms with Gasteiger partial charge >= 0.3 is 0 Å². The van der Waals surface area contributed by atoms with Gasteiger partial charge in [0.15, 0.2) is 0 Å². The van der Waals surface area contributed by atoms with Crippen molar-refractivity contribution < 1.29 is 14.3 Å². The zero-order chi connectivity index (χ0) is 14.5. The maximum atomic E-state index is 12.7. The van der Waals surface area contributed by atoms with Crippen LogP contribution in [0.2, 0.25) is 0 Å². The van der Waals surface area contributed by atoms with Crippen molar-refractivity contribution in [2.75, 3.05) is 40.0 Å². The zero-order valence-electron chi connectivity index (χ0n) is 12.8. The number of carbonyl (C=O) groups is 1. The van der Waals surface area contributed by atoms with Gasteiger partial charge in [0.1, 0.15) is 5.60 Å². The predicted molar refractivity (Wildman–Crippen MR) is 77.6 cm³/mol. The number of amides is 1. The minimum absolute atomic E-state index is 0.176. The molecule has 2 heterocycles. The molecular formula is C15H28N2O3. The molecule has 2 aliphatic heterocycles. The number of piperidine rings is 1. The minimum atomic E-state index is -0.328. The van der Waals surface area contributed by atoms with Gasteiger partial charge in [0, 0.05) is 33.2 Å². The second-order valence-corrected chi connectivity index (χ2v) is 6.18. The Morgan fingerprint density at radius 1 is 1.45 bits per heavy atom. The van der Waals surface area contributed by atoms with Crippen molar-refractivity contribution >= 4 is 5.91 Å². The molecule has 2 fully saturated rings. The Morgan fingerprint density at radius 3 is 2.85 bits per heavy atom. The summed E-state index contributed by atoms with van der Waals surface area (Å²) in [6, 6.07) is 0. The first kappa shape index (κ1) is 15.7. The lowest BCUT2D eigenvalue weighted by molar-refractivity contribution is -0.134. The van der Waals surface area contributed by atoms with Gasteiger partial charge in [0.05, 0.1) is 12.0 Å². The van der Waals surface area contributed by atoms with Crippen LogP contribution in [0.4, 0.5) is 0 Å². The van der Waals surface area contributed by atoms with E-state index in [-0.39, 0.29) is 16.9 Å². The maximum Gasteiger partial charge on any atom is 0.227 e. The van der Waals surface area contributed by atoms with Crippen molar-refractivity contribution in [1.82, 2.24) is 10.6 Å². The summed E-state index contributed by atoms with van der Waals surface area (Å²) in [5.74, 6) is 0.176. The Kier molecular flexibility index (Phi) is 5.41. The summed E-state index contributed by atoms with van der Waals surface area (Å²) in [7, 11) is 1.70. The zero-order valence-corrected chi connectivity index (χ0v) is 12.8. The van der Waals surface area contributed by atoms with Crippen molar-refractivity contribution in [3.63, 3.8) is 0 Å². The van der Waals surface area contributed by atoms with Crippen LogP contribution in [0, 0.1) is 5.41 Å². The van der Waals surface area contributed by atoms with Crippen molar-refractivity contribution in [2.24, 2.45) is 5.41 Å². The molecule has 20 heavy (non-hydrogen) atoms. The third-order valence-corrected chi connectivity index (χ3v) is 4.75. The van der Waals surface area contributed by atoms with Gasteiger partial charge in [-0.25, -0.2) is 0 Å². The molecule has 0 spiro atoms. The second kappa shape index (κ2) is 6.87. The van der Waals surface area contributed by atoms with E-state index in [2.05, 4.69) is 17.6 Å². The molecule has 2 aliphatic rings. The number of carbonyl (C=O) groups excluding carboxylic acids is 1. The van der Waals surface area contributed by atoms with Crippen LogP contribution in [-0.4, -0.2) is 51.5 Å². The summed E-state index contributed by atoms with van der Waals surface area (Å²) >= 11 is 0. The molecule has 0 saturated carbocycles. The van der Waals surface area contributed by atoms with Crippen LogP contribution in [0.1, 0.15) is 39.0 Å². The number of rotatable bonds is 6. The fourth-order valence-electron chi connectivity index (χ4n) is 3.36. The lowest BCUT2D eigenvalue weighted by Crippen LogP contribution is -2.54. The Labute approximate surface area is 121 Å². The smallest absolute Gasteiger partial charge is 0.227 e. The summed E-state index contributed by atoms with van der Waals surface area (Å²) in [5.41, 5.74) is -0.563. The Balaban J connectivity index is 1.94. The van der Waals surface area contributed by atoms with E-state index in [1.54, 1.807) is 7.11 Å². The first-order valence-corrected chi connectivity index (χ1v) is 7.78. The van der Waals surface area contributed by atoms with E-state index in [1.165, 1.54) is 0 Å². The standard InChI is InChI=1S/C15H28N2O3/c1-3-5-14(6-4-8-16-10-14)13(18)17-11-15(19-2)7-9-20-12-15/h16H,3-12H2,1-2H3,(H,17,18). The van der Waals surface area contributed by atoms with Crippen LogP contribution in [0.5, 0.6) is 0 Å². The van der Waals surface area contributed by atoms with Crippen LogP contribution >= 0.6 is 0 Å². The van der Waals surface area contributed by atoms with E-state index >= 15 is 0 Å². The Bertz CT molecular complexity index is 316. The first-order valence-electron chi connectivity index (χ1n) is 7.78. The number of hydrogen-bond acceptors (Lipinski definition) is 4. The van der Waals surface area contributed by atoms with E-state index in [0.717, 1.165) is 45.2 Å². The van der Waals surface area contributed by atoms with Gasteiger partial charge in [-0.1, -0.05) is 13.3 Å². The molecule has 2 rings (SSSR count). The SMILES string of the molecule is CCCC1(C(=O)NCC2(OC)CCOC2)CCCNC1. The van der Waals surface area contributed by atoms with Gasteiger partial charge in [0.25, 0.3) is 0 Å². The maximum absolute atomic E-state index is 12.7. The fourth-order valence-corrected chi connectivity index (χ4v) is 3.36. The molecule has 2 unspecified atom stereocenters. The highest BCUT2D eigenvalue weighted by Crippen LogP contribution is 2.32. The van der Waals surface area contributed by atoms with Gasteiger partial charge in [-0.05, 0) is 25.8 Å². The van der Waals surface area contributed by atoms with Gasteiger partial charge in [0.2, 0.25) is 5.91 Å². The van der Waals surface area contributed by atoms with Gasteiger partial charge in [-0.2, -0.15) is 0 Å². The highest BCUT2D eigenvalue weighted by Gasteiger charge is 2.41. The van der Waals surface area contributed by atoms with Crippen LogP contribution < -0.4 is 10.6 Å². The Hall–Kier alpha value is -0.650. The molecule has 5 nitrogen and oxygen atoms in total. The molecule has 2 N–H and O–H groups in total. The highest BCUT2D eigenvalue weighted by molar-refractivity contribution is 5.83. The van der Waals surface area contributed by atoms with E-state index in [4.69, 9.17) is 9.47 Å². The monoisotopic (exact) mass is 284 g/mol. The Morgan fingerprint density at radius 2 is 2.30 bits per heavy atom. The number of methoxy groups -OCH3 is 1.